The summed E-state index contributed by atoms with van der Waals surface area (Å²) in [6.45, 7) is 5.03. The van der Waals surface area contributed by atoms with Crippen LogP contribution in [0.15, 0.2) is 12.4 Å². The van der Waals surface area contributed by atoms with Gasteiger partial charge in [0.05, 0.1) is 0 Å². The zero-order valence-electron chi connectivity index (χ0n) is 8.26. The van der Waals surface area contributed by atoms with Gasteiger partial charge in [-0.05, 0) is 35.6 Å². The lowest BCUT2D eigenvalue weighted by atomic mass is 10.5. The van der Waals surface area contributed by atoms with Gasteiger partial charge in [0.2, 0.25) is 5.95 Å². The predicted molar refractivity (Wildman–Crippen MR) is 66.4 cm³/mol. The topological polar surface area (TPSA) is 49.8 Å². The van der Waals surface area contributed by atoms with Crippen LogP contribution in [0.4, 0.5) is 5.95 Å². The summed E-state index contributed by atoms with van der Waals surface area (Å²) in [5, 5.41) is 6.44. The Bertz CT molecular complexity index is 249. The summed E-state index contributed by atoms with van der Waals surface area (Å²) in [5.74, 6) is 0.698. The summed E-state index contributed by atoms with van der Waals surface area (Å²) in [4.78, 5) is 8.28. The maximum atomic E-state index is 4.14. The minimum absolute atomic E-state index is 0.698. The van der Waals surface area contributed by atoms with Crippen LogP contribution in [0, 0.1) is 3.57 Å². The van der Waals surface area contributed by atoms with Crippen molar-refractivity contribution in [3.8, 4) is 0 Å². The second kappa shape index (κ2) is 6.94. The first-order valence-corrected chi connectivity index (χ1v) is 5.83. The molecule has 0 aliphatic carbocycles. The van der Waals surface area contributed by atoms with Crippen LogP contribution >= 0.6 is 22.6 Å². The number of hydrogen-bond donors (Lipinski definition) is 2. The van der Waals surface area contributed by atoms with Gasteiger partial charge in [-0.1, -0.05) is 6.92 Å². The summed E-state index contributed by atoms with van der Waals surface area (Å²) >= 11 is 2.19. The molecule has 1 rings (SSSR count). The number of hydrogen-bond acceptors (Lipinski definition) is 4. The quantitative estimate of drug-likeness (QED) is 0.618. The van der Waals surface area contributed by atoms with E-state index in [4.69, 9.17) is 0 Å². The van der Waals surface area contributed by atoms with Crippen molar-refractivity contribution in [3.63, 3.8) is 0 Å². The number of nitrogens with zero attached hydrogens (tertiary/aromatic N) is 2. The lowest BCUT2D eigenvalue weighted by Crippen LogP contribution is -2.23. The molecule has 0 spiro atoms. The van der Waals surface area contributed by atoms with Gasteiger partial charge in [-0.25, -0.2) is 9.97 Å². The largest absolute Gasteiger partial charge is 0.353 e. The summed E-state index contributed by atoms with van der Waals surface area (Å²) in [6.07, 6.45) is 4.77. The van der Waals surface area contributed by atoms with Crippen molar-refractivity contribution < 1.29 is 0 Å². The molecule has 14 heavy (non-hydrogen) atoms. The molecule has 0 amide bonds. The normalized spacial score (nSPS) is 10.1. The van der Waals surface area contributed by atoms with Crippen LogP contribution in [-0.4, -0.2) is 29.6 Å². The third-order valence-electron chi connectivity index (χ3n) is 1.63. The first kappa shape index (κ1) is 11.6. The molecule has 0 unspecified atom stereocenters. The monoisotopic (exact) mass is 306 g/mol. The van der Waals surface area contributed by atoms with Crippen LogP contribution in [0.5, 0.6) is 0 Å². The molecule has 0 saturated carbocycles. The number of rotatable bonds is 6. The highest BCUT2D eigenvalue weighted by Crippen LogP contribution is 2.01. The minimum Gasteiger partial charge on any atom is -0.353 e. The Morgan fingerprint density at radius 1 is 1.21 bits per heavy atom. The number of anilines is 1. The van der Waals surface area contributed by atoms with Crippen molar-refractivity contribution in [1.82, 2.24) is 15.3 Å². The first-order chi connectivity index (χ1) is 6.83. The Kier molecular flexibility index (Phi) is 5.77. The standard InChI is InChI=1S/C9H15IN4/c1-2-3-11-4-5-12-9-13-6-8(10)7-14-9/h6-7,11H,2-5H2,1H3,(H,12,13,14). The van der Waals surface area contributed by atoms with Crippen molar-refractivity contribution in [2.24, 2.45) is 0 Å². The van der Waals surface area contributed by atoms with Crippen LogP contribution in [0.1, 0.15) is 13.3 Å². The fraction of sp³-hybridized carbons (Fsp3) is 0.556. The van der Waals surface area contributed by atoms with Crippen molar-refractivity contribution in [2.75, 3.05) is 25.0 Å². The molecule has 4 nitrogen and oxygen atoms in total. The molecule has 78 valence electrons. The summed E-state index contributed by atoms with van der Waals surface area (Å²) in [5.41, 5.74) is 0. The lowest BCUT2D eigenvalue weighted by molar-refractivity contribution is 0.686. The van der Waals surface area contributed by atoms with E-state index in [-0.39, 0.29) is 0 Å². The van der Waals surface area contributed by atoms with Crippen LogP contribution in [0.3, 0.4) is 0 Å². The van der Waals surface area contributed by atoms with Crippen LogP contribution in [0.2, 0.25) is 0 Å². The Hall–Kier alpha value is -0.430. The Labute approximate surface area is 98.1 Å². The fourth-order valence-corrected chi connectivity index (χ4v) is 1.25. The average Bonchev–Trinajstić information content (AvgIpc) is 2.21. The molecular formula is C9H15IN4. The van der Waals surface area contributed by atoms with Crippen LogP contribution < -0.4 is 10.6 Å². The van der Waals surface area contributed by atoms with Crippen LogP contribution in [0.25, 0.3) is 0 Å². The molecule has 1 heterocycles. The van der Waals surface area contributed by atoms with Gasteiger partial charge >= 0.3 is 0 Å². The lowest BCUT2D eigenvalue weighted by Gasteiger charge is -2.04. The predicted octanol–water partition coefficient (Wildman–Crippen LogP) is 1.49. The van der Waals surface area contributed by atoms with Gasteiger partial charge in [-0.15, -0.1) is 0 Å². The molecule has 0 aliphatic rings. The second-order valence-corrected chi connectivity index (χ2v) is 4.15. The molecule has 5 heteroatoms. The molecule has 0 aliphatic heterocycles. The maximum Gasteiger partial charge on any atom is 0.222 e. The van der Waals surface area contributed by atoms with E-state index in [1.54, 1.807) is 12.4 Å². The van der Waals surface area contributed by atoms with E-state index in [9.17, 15) is 0 Å². The molecule has 0 atom stereocenters. The molecular weight excluding hydrogens is 291 g/mol. The van der Waals surface area contributed by atoms with E-state index < -0.39 is 0 Å². The third-order valence-corrected chi connectivity index (χ3v) is 2.19. The number of nitrogens with one attached hydrogen (secondary N) is 2. The number of halogens is 1. The fourth-order valence-electron chi connectivity index (χ4n) is 0.968. The Balaban J connectivity index is 2.15. The zero-order chi connectivity index (χ0) is 10.2. The average molecular weight is 306 g/mol. The van der Waals surface area contributed by atoms with Crippen molar-refractivity contribution in [2.45, 2.75) is 13.3 Å². The summed E-state index contributed by atoms with van der Waals surface area (Å²) in [7, 11) is 0. The van der Waals surface area contributed by atoms with E-state index in [2.05, 4.69) is 50.1 Å². The highest BCUT2D eigenvalue weighted by molar-refractivity contribution is 14.1. The van der Waals surface area contributed by atoms with Gasteiger partial charge in [0.25, 0.3) is 0 Å². The molecule has 0 saturated heterocycles. The van der Waals surface area contributed by atoms with E-state index in [0.717, 1.165) is 23.2 Å². The zero-order valence-corrected chi connectivity index (χ0v) is 10.4. The van der Waals surface area contributed by atoms with E-state index >= 15 is 0 Å². The van der Waals surface area contributed by atoms with Gasteiger partial charge in [0.15, 0.2) is 0 Å². The van der Waals surface area contributed by atoms with Crippen molar-refractivity contribution >= 4 is 28.5 Å². The summed E-state index contributed by atoms with van der Waals surface area (Å²) < 4.78 is 1.05. The minimum atomic E-state index is 0.698. The highest BCUT2D eigenvalue weighted by atomic mass is 127. The molecule has 2 N–H and O–H groups in total. The molecule has 0 bridgehead atoms. The van der Waals surface area contributed by atoms with E-state index in [1.807, 2.05) is 0 Å². The number of aromatic nitrogens is 2. The van der Waals surface area contributed by atoms with Crippen LogP contribution in [-0.2, 0) is 0 Å². The molecule has 0 radical (unpaired) electrons. The molecule has 1 aromatic heterocycles. The molecule has 0 fully saturated rings. The van der Waals surface area contributed by atoms with E-state index in [1.165, 1.54) is 6.42 Å². The first-order valence-electron chi connectivity index (χ1n) is 4.75. The highest BCUT2D eigenvalue weighted by Gasteiger charge is 1.93. The smallest absolute Gasteiger partial charge is 0.222 e. The maximum absolute atomic E-state index is 4.14. The Morgan fingerprint density at radius 2 is 1.93 bits per heavy atom. The van der Waals surface area contributed by atoms with Gasteiger partial charge in [-0.3, -0.25) is 0 Å². The third kappa shape index (κ3) is 4.71. The van der Waals surface area contributed by atoms with E-state index in [0.29, 0.717) is 5.95 Å². The van der Waals surface area contributed by atoms with Gasteiger partial charge in [-0.2, -0.15) is 0 Å². The van der Waals surface area contributed by atoms with Crippen molar-refractivity contribution in [1.29, 1.82) is 0 Å². The summed E-state index contributed by atoms with van der Waals surface area (Å²) in [6, 6.07) is 0. The molecule has 0 aromatic carbocycles. The van der Waals surface area contributed by atoms with Crippen molar-refractivity contribution in [3.05, 3.63) is 16.0 Å². The van der Waals surface area contributed by atoms with Gasteiger partial charge < -0.3 is 10.6 Å². The SMILES string of the molecule is CCCNCCNc1ncc(I)cn1. The molecule has 1 aromatic rings. The Morgan fingerprint density at radius 3 is 2.57 bits per heavy atom. The van der Waals surface area contributed by atoms with Gasteiger partial charge in [0, 0.05) is 29.1 Å². The van der Waals surface area contributed by atoms with Gasteiger partial charge in [0.1, 0.15) is 0 Å². The second-order valence-electron chi connectivity index (χ2n) is 2.90.